The molecule has 0 aromatic rings. The van der Waals surface area contributed by atoms with Crippen LogP contribution in [0.15, 0.2) is 12.2 Å². The summed E-state index contributed by atoms with van der Waals surface area (Å²) in [5, 5.41) is 8.78. The van der Waals surface area contributed by atoms with Crippen LogP contribution in [0.25, 0.3) is 0 Å². The molecule has 1 atom stereocenters. The van der Waals surface area contributed by atoms with Gasteiger partial charge >= 0.3 is 5.97 Å². The average molecular weight is 170 g/mol. The maximum Gasteiger partial charge on any atom is 0.306 e. The molecule has 0 aliphatic carbocycles. The zero-order chi connectivity index (χ0) is 9.40. The van der Waals surface area contributed by atoms with Crippen LogP contribution in [0.3, 0.4) is 0 Å². The molecule has 0 heterocycles. The topological polar surface area (TPSA) is 37.3 Å². The molecule has 0 radical (unpaired) electrons. The summed E-state index contributed by atoms with van der Waals surface area (Å²) >= 11 is 0. The van der Waals surface area contributed by atoms with Crippen molar-refractivity contribution >= 4 is 5.97 Å². The summed E-state index contributed by atoms with van der Waals surface area (Å²) in [5.41, 5.74) is 0. The fourth-order valence-electron chi connectivity index (χ4n) is 1.20. The first kappa shape index (κ1) is 11.2. The molecule has 0 spiro atoms. The average Bonchev–Trinajstić information content (AvgIpc) is 2.03. The second-order valence-corrected chi connectivity index (χ2v) is 2.97. The van der Waals surface area contributed by atoms with E-state index in [0.29, 0.717) is 0 Å². The zero-order valence-corrected chi connectivity index (χ0v) is 7.92. The largest absolute Gasteiger partial charge is 0.481 e. The van der Waals surface area contributed by atoms with E-state index in [9.17, 15) is 4.79 Å². The first-order chi connectivity index (χ1) is 5.72. The van der Waals surface area contributed by atoms with Crippen molar-refractivity contribution in [1.29, 1.82) is 0 Å². The molecule has 0 bridgehead atoms. The number of hydrogen-bond acceptors (Lipinski definition) is 1. The third-order valence-electron chi connectivity index (χ3n) is 1.90. The van der Waals surface area contributed by atoms with Crippen LogP contribution >= 0.6 is 0 Å². The summed E-state index contributed by atoms with van der Waals surface area (Å²) in [6.07, 6.45) is 7.39. The summed E-state index contributed by atoms with van der Waals surface area (Å²) in [6.45, 7) is 3.97. The Morgan fingerprint density at radius 1 is 1.50 bits per heavy atom. The number of allylic oxidation sites excluding steroid dienone is 2. The molecule has 2 nitrogen and oxygen atoms in total. The molecule has 0 aromatic carbocycles. The second kappa shape index (κ2) is 6.89. The van der Waals surface area contributed by atoms with Crippen LogP contribution in [0.1, 0.15) is 39.5 Å². The summed E-state index contributed by atoms with van der Waals surface area (Å²) in [7, 11) is 0. The Balaban J connectivity index is 3.71. The molecule has 0 rings (SSSR count). The summed E-state index contributed by atoms with van der Waals surface area (Å²) in [6, 6.07) is 0. The predicted molar refractivity (Wildman–Crippen MR) is 50.1 cm³/mol. The molecular formula is C10H18O2. The Labute approximate surface area is 74.3 Å². The molecule has 0 saturated heterocycles. The monoisotopic (exact) mass is 170 g/mol. The lowest BCUT2D eigenvalue weighted by atomic mass is 9.98. The van der Waals surface area contributed by atoms with E-state index < -0.39 is 5.97 Å². The van der Waals surface area contributed by atoms with Crippen LogP contribution in [-0.2, 0) is 4.79 Å². The smallest absolute Gasteiger partial charge is 0.306 e. The van der Waals surface area contributed by atoms with Crippen LogP contribution in [0.5, 0.6) is 0 Å². The van der Waals surface area contributed by atoms with Gasteiger partial charge in [0.1, 0.15) is 0 Å². The molecular weight excluding hydrogens is 152 g/mol. The van der Waals surface area contributed by atoms with Crippen molar-refractivity contribution in [2.75, 3.05) is 0 Å². The SMILES string of the molecule is C/C=C/CCC(CCC)C(=O)O. The summed E-state index contributed by atoms with van der Waals surface area (Å²) < 4.78 is 0. The lowest BCUT2D eigenvalue weighted by molar-refractivity contribution is -0.142. The third-order valence-corrected chi connectivity index (χ3v) is 1.90. The third kappa shape index (κ3) is 4.94. The van der Waals surface area contributed by atoms with Gasteiger partial charge in [-0.15, -0.1) is 0 Å². The molecule has 1 unspecified atom stereocenters. The first-order valence-electron chi connectivity index (χ1n) is 4.56. The number of carboxylic acid groups (broad SMARTS) is 1. The molecule has 0 aromatic heterocycles. The van der Waals surface area contributed by atoms with Crippen molar-refractivity contribution in [3.8, 4) is 0 Å². The molecule has 2 heteroatoms. The number of aliphatic carboxylic acids is 1. The predicted octanol–water partition coefficient (Wildman–Crippen LogP) is 2.84. The standard InChI is InChI=1S/C10H18O2/c1-3-5-6-8-9(7-4-2)10(11)12/h3,5,9H,4,6-8H2,1-2H3,(H,11,12)/b5-3+. The highest BCUT2D eigenvalue weighted by molar-refractivity contribution is 5.69. The van der Waals surface area contributed by atoms with E-state index >= 15 is 0 Å². The van der Waals surface area contributed by atoms with Crippen molar-refractivity contribution in [2.24, 2.45) is 5.92 Å². The number of carbonyl (C=O) groups is 1. The molecule has 1 N–H and O–H groups in total. The Morgan fingerprint density at radius 2 is 2.17 bits per heavy atom. The van der Waals surface area contributed by atoms with Gasteiger partial charge in [0, 0.05) is 0 Å². The van der Waals surface area contributed by atoms with Crippen molar-refractivity contribution in [3.05, 3.63) is 12.2 Å². The van der Waals surface area contributed by atoms with Crippen LogP contribution in [0, 0.1) is 5.92 Å². The second-order valence-electron chi connectivity index (χ2n) is 2.97. The number of rotatable bonds is 6. The van der Waals surface area contributed by atoms with Crippen molar-refractivity contribution in [1.82, 2.24) is 0 Å². The summed E-state index contributed by atoms with van der Waals surface area (Å²) in [5.74, 6) is -0.799. The van der Waals surface area contributed by atoms with E-state index in [1.807, 2.05) is 26.0 Å². The zero-order valence-electron chi connectivity index (χ0n) is 7.92. The lowest BCUT2D eigenvalue weighted by Crippen LogP contribution is -2.12. The minimum Gasteiger partial charge on any atom is -0.481 e. The first-order valence-corrected chi connectivity index (χ1v) is 4.56. The van der Waals surface area contributed by atoms with E-state index in [0.717, 1.165) is 25.7 Å². The molecule has 0 saturated carbocycles. The van der Waals surface area contributed by atoms with Crippen LogP contribution in [0.4, 0.5) is 0 Å². The highest BCUT2D eigenvalue weighted by Crippen LogP contribution is 2.13. The van der Waals surface area contributed by atoms with Gasteiger partial charge in [-0.05, 0) is 26.2 Å². The molecule has 70 valence electrons. The van der Waals surface area contributed by atoms with Crippen LogP contribution < -0.4 is 0 Å². The van der Waals surface area contributed by atoms with Gasteiger partial charge in [-0.2, -0.15) is 0 Å². The quantitative estimate of drug-likeness (QED) is 0.622. The van der Waals surface area contributed by atoms with Gasteiger partial charge < -0.3 is 5.11 Å². The molecule has 0 aliphatic heterocycles. The van der Waals surface area contributed by atoms with Crippen LogP contribution in [0.2, 0.25) is 0 Å². The van der Waals surface area contributed by atoms with E-state index in [2.05, 4.69) is 0 Å². The number of carboxylic acids is 1. The van der Waals surface area contributed by atoms with Crippen LogP contribution in [-0.4, -0.2) is 11.1 Å². The van der Waals surface area contributed by atoms with Gasteiger partial charge in [0.15, 0.2) is 0 Å². The van der Waals surface area contributed by atoms with Gasteiger partial charge in [-0.25, -0.2) is 0 Å². The summed E-state index contributed by atoms with van der Waals surface area (Å²) in [4.78, 5) is 10.7. The van der Waals surface area contributed by atoms with Gasteiger partial charge in [-0.1, -0.05) is 25.5 Å². The number of hydrogen-bond donors (Lipinski definition) is 1. The van der Waals surface area contributed by atoms with E-state index in [4.69, 9.17) is 5.11 Å². The maximum absolute atomic E-state index is 10.7. The Kier molecular flexibility index (Phi) is 6.44. The molecule has 0 aliphatic rings. The van der Waals surface area contributed by atoms with E-state index in [1.54, 1.807) is 0 Å². The minimum atomic E-state index is -0.652. The normalized spacial score (nSPS) is 13.5. The molecule has 0 amide bonds. The fraction of sp³-hybridized carbons (Fsp3) is 0.700. The Bertz CT molecular complexity index is 150. The van der Waals surface area contributed by atoms with Crippen molar-refractivity contribution in [2.45, 2.75) is 39.5 Å². The Morgan fingerprint density at radius 3 is 2.58 bits per heavy atom. The van der Waals surface area contributed by atoms with E-state index in [1.165, 1.54) is 0 Å². The van der Waals surface area contributed by atoms with Gasteiger partial charge in [-0.3, -0.25) is 4.79 Å². The Hall–Kier alpha value is -0.790. The van der Waals surface area contributed by atoms with Crippen molar-refractivity contribution < 1.29 is 9.90 Å². The molecule has 0 fully saturated rings. The maximum atomic E-state index is 10.7. The molecule has 12 heavy (non-hydrogen) atoms. The lowest BCUT2D eigenvalue weighted by Gasteiger charge is -2.08. The van der Waals surface area contributed by atoms with Gasteiger partial charge in [0.25, 0.3) is 0 Å². The fourth-order valence-corrected chi connectivity index (χ4v) is 1.20. The highest BCUT2D eigenvalue weighted by Gasteiger charge is 2.14. The van der Waals surface area contributed by atoms with Gasteiger partial charge in [0.05, 0.1) is 5.92 Å². The van der Waals surface area contributed by atoms with Crippen molar-refractivity contribution in [3.63, 3.8) is 0 Å². The highest BCUT2D eigenvalue weighted by atomic mass is 16.4. The van der Waals surface area contributed by atoms with E-state index in [-0.39, 0.29) is 5.92 Å². The minimum absolute atomic E-state index is 0.147. The van der Waals surface area contributed by atoms with Gasteiger partial charge in [0.2, 0.25) is 0 Å².